The number of anilines is 1. The molecule has 1 amide bonds. The lowest BCUT2D eigenvalue weighted by molar-refractivity contribution is -0.114. The van der Waals surface area contributed by atoms with Gasteiger partial charge < -0.3 is 4.90 Å². The van der Waals surface area contributed by atoms with Crippen molar-refractivity contribution in [3.63, 3.8) is 0 Å². The fourth-order valence-electron chi connectivity index (χ4n) is 2.09. The molecule has 1 aliphatic rings. The van der Waals surface area contributed by atoms with Crippen molar-refractivity contribution in [3.05, 3.63) is 42.1 Å². The highest BCUT2D eigenvalue weighted by Gasteiger charge is 2.37. The molecule has 2 rings (SSSR count). The van der Waals surface area contributed by atoms with Gasteiger partial charge in [0.1, 0.15) is 0 Å². The number of para-hydroxylation sites is 1. The lowest BCUT2D eigenvalue weighted by Gasteiger charge is -2.18. The van der Waals surface area contributed by atoms with Crippen molar-refractivity contribution in [2.45, 2.75) is 20.8 Å². The molecule has 0 saturated heterocycles. The van der Waals surface area contributed by atoms with Crippen LogP contribution in [0, 0.1) is 5.41 Å². The Hall–Kier alpha value is -2.10. The molecular formula is C16H21N3O. The maximum Gasteiger partial charge on any atom is 0.282 e. The van der Waals surface area contributed by atoms with Crippen molar-refractivity contribution in [1.29, 1.82) is 0 Å². The molecule has 1 aromatic carbocycles. The topological polar surface area (TPSA) is 35.9 Å². The van der Waals surface area contributed by atoms with Gasteiger partial charge in [-0.3, -0.25) is 4.79 Å². The fourth-order valence-corrected chi connectivity index (χ4v) is 2.09. The summed E-state index contributed by atoms with van der Waals surface area (Å²) in [6, 6.07) is 9.51. The first-order valence-corrected chi connectivity index (χ1v) is 6.68. The quantitative estimate of drug-likeness (QED) is 0.775. The van der Waals surface area contributed by atoms with E-state index in [-0.39, 0.29) is 11.3 Å². The number of carbonyl (C=O) groups excluding carboxylic acids is 1. The third-order valence-electron chi connectivity index (χ3n) is 2.98. The van der Waals surface area contributed by atoms with E-state index in [1.54, 1.807) is 0 Å². The van der Waals surface area contributed by atoms with Gasteiger partial charge in [0.15, 0.2) is 0 Å². The maximum absolute atomic E-state index is 12.6. The Bertz CT molecular complexity index is 565. The molecule has 20 heavy (non-hydrogen) atoms. The van der Waals surface area contributed by atoms with Gasteiger partial charge in [-0.2, -0.15) is 10.1 Å². The average Bonchev–Trinajstić information content (AvgIpc) is 2.67. The van der Waals surface area contributed by atoms with Crippen molar-refractivity contribution in [2.24, 2.45) is 10.5 Å². The van der Waals surface area contributed by atoms with Crippen LogP contribution < -0.4 is 5.01 Å². The van der Waals surface area contributed by atoms with Gasteiger partial charge in [-0.15, -0.1) is 0 Å². The summed E-state index contributed by atoms with van der Waals surface area (Å²) in [4.78, 5) is 14.5. The van der Waals surface area contributed by atoms with Gasteiger partial charge in [-0.05, 0) is 12.1 Å². The molecule has 0 N–H and O–H groups in total. The van der Waals surface area contributed by atoms with Crippen LogP contribution in [-0.2, 0) is 4.79 Å². The van der Waals surface area contributed by atoms with Gasteiger partial charge in [0.2, 0.25) is 0 Å². The third-order valence-corrected chi connectivity index (χ3v) is 2.98. The minimum atomic E-state index is -0.180. The van der Waals surface area contributed by atoms with Gasteiger partial charge in [0, 0.05) is 25.7 Å². The Morgan fingerprint density at radius 1 is 1.15 bits per heavy atom. The minimum absolute atomic E-state index is 0.0742. The zero-order valence-electron chi connectivity index (χ0n) is 12.7. The van der Waals surface area contributed by atoms with E-state index in [4.69, 9.17) is 0 Å². The highest BCUT2D eigenvalue weighted by molar-refractivity contribution is 6.31. The van der Waals surface area contributed by atoms with Crippen LogP contribution in [0.25, 0.3) is 0 Å². The molecule has 0 unspecified atom stereocenters. The van der Waals surface area contributed by atoms with Crippen molar-refractivity contribution in [1.82, 2.24) is 4.90 Å². The molecule has 0 bridgehead atoms. The van der Waals surface area contributed by atoms with Crippen molar-refractivity contribution >= 4 is 17.3 Å². The van der Waals surface area contributed by atoms with Gasteiger partial charge >= 0.3 is 0 Å². The highest BCUT2D eigenvalue weighted by Crippen LogP contribution is 2.31. The number of carbonyl (C=O) groups is 1. The van der Waals surface area contributed by atoms with Crippen molar-refractivity contribution < 1.29 is 4.79 Å². The molecule has 1 heterocycles. The van der Waals surface area contributed by atoms with Crippen LogP contribution in [0.2, 0.25) is 0 Å². The molecule has 1 aromatic rings. The number of hydrogen-bond donors (Lipinski definition) is 0. The van der Waals surface area contributed by atoms with E-state index in [0.29, 0.717) is 5.57 Å². The van der Waals surface area contributed by atoms with E-state index in [0.717, 1.165) is 11.4 Å². The van der Waals surface area contributed by atoms with Gasteiger partial charge in [0.25, 0.3) is 5.91 Å². The summed E-state index contributed by atoms with van der Waals surface area (Å²) in [6.45, 7) is 6.20. The van der Waals surface area contributed by atoms with Gasteiger partial charge in [0.05, 0.1) is 17.0 Å². The predicted octanol–water partition coefficient (Wildman–Crippen LogP) is 2.88. The number of rotatable bonds is 2. The second-order valence-electron chi connectivity index (χ2n) is 6.16. The van der Waals surface area contributed by atoms with Crippen LogP contribution in [0.15, 0.2) is 47.2 Å². The highest BCUT2D eigenvalue weighted by atomic mass is 16.2. The molecule has 0 aliphatic carbocycles. The summed E-state index contributed by atoms with van der Waals surface area (Å²) >= 11 is 0. The summed E-state index contributed by atoms with van der Waals surface area (Å²) < 4.78 is 0. The van der Waals surface area contributed by atoms with E-state index >= 15 is 0 Å². The van der Waals surface area contributed by atoms with Crippen LogP contribution in [0.5, 0.6) is 0 Å². The molecule has 0 spiro atoms. The number of benzene rings is 1. The van der Waals surface area contributed by atoms with Crippen LogP contribution in [-0.4, -0.2) is 30.6 Å². The molecule has 0 radical (unpaired) electrons. The van der Waals surface area contributed by atoms with Crippen LogP contribution in [0.1, 0.15) is 20.8 Å². The Morgan fingerprint density at radius 2 is 1.75 bits per heavy atom. The van der Waals surface area contributed by atoms with Gasteiger partial charge in [-0.1, -0.05) is 39.0 Å². The molecule has 0 saturated carbocycles. The third kappa shape index (κ3) is 2.74. The molecule has 4 heteroatoms. The molecule has 4 nitrogen and oxygen atoms in total. The standard InChI is InChI=1S/C16H21N3O/c1-16(2,3)14-13(11-18(4)5)15(20)19(17-14)12-9-7-6-8-10-12/h6-11H,1-5H3/b13-11+. The maximum atomic E-state index is 12.6. The SMILES string of the molecule is CN(C)/C=C1/C(=O)N(c2ccccc2)N=C1C(C)(C)C. The summed E-state index contributed by atoms with van der Waals surface area (Å²) in [7, 11) is 3.82. The number of hydrogen-bond acceptors (Lipinski definition) is 3. The number of nitrogens with zero attached hydrogens (tertiary/aromatic N) is 3. The smallest absolute Gasteiger partial charge is 0.282 e. The van der Waals surface area contributed by atoms with Crippen molar-refractivity contribution in [3.8, 4) is 0 Å². The second-order valence-corrected chi connectivity index (χ2v) is 6.16. The summed E-state index contributed by atoms with van der Waals surface area (Å²) in [5.74, 6) is -0.0742. The van der Waals surface area contributed by atoms with Gasteiger partial charge in [-0.25, -0.2) is 0 Å². The largest absolute Gasteiger partial charge is 0.383 e. The molecule has 0 aromatic heterocycles. The molecule has 106 valence electrons. The number of amides is 1. The van der Waals surface area contributed by atoms with Crippen LogP contribution >= 0.6 is 0 Å². The Morgan fingerprint density at radius 3 is 2.25 bits per heavy atom. The number of hydrazone groups is 1. The Kier molecular flexibility index (Phi) is 3.66. The zero-order chi connectivity index (χ0) is 14.9. The first-order valence-electron chi connectivity index (χ1n) is 6.68. The van der Waals surface area contributed by atoms with Crippen LogP contribution in [0.3, 0.4) is 0 Å². The monoisotopic (exact) mass is 271 g/mol. The Balaban J connectivity index is 2.49. The lowest BCUT2D eigenvalue weighted by atomic mass is 9.86. The first kappa shape index (κ1) is 14.3. The normalized spacial score (nSPS) is 17.6. The molecular weight excluding hydrogens is 250 g/mol. The molecule has 1 aliphatic heterocycles. The van der Waals surface area contributed by atoms with E-state index in [1.165, 1.54) is 5.01 Å². The van der Waals surface area contributed by atoms with E-state index in [9.17, 15) is 4.79 Å². The average molecular weight is 271 g/mol. The molecule has 0 fully saturated rings. The second kappa shape index (κ2) is 5.12. The summed E-state index contributed by atoms with van der Waals surface area (Å²) in [5, 5.41) is 6.03. The lowest BCUT2D eigenvalue weighted by Crippen LogP contribution is -2.25. The first-order chi connectivity index (χ1) is 9.30. The van der Waals surface area contributed by atoms with E-state index in [1.807, 2.05) is 55.5 Å². The van der Waals surface area contributed by atoms with Crippen molar-refractivity contribution in [2.75, 3.05) is 19.1 Å². The van der Waals surface area contributed by atoms with Crippen LogP contribution in [0.4, 0.5) is 5.69 Å². The minimum Gasteiger partial charge on any atom is -0.383 e. The molecule has 0 atom stereocenters. The predicted molar refractivity (Wildman–Crippen MR) is 82.6 cm³/mol. The fraction of sp³-hybridized carbons (Fsp3) is 0.375. The summed E-state index contributed by atoms with van der Waals surface area (Å²) in [6.07, 6.45) is 1.84. The summed E-state index contributed by atoms with van der Waals surface area (Å²) in [5.41, 5.74) is 2.09. The van der Waals surface area contributed by atoms with E-state index in [2.05, 4.69) is 25.9 Å². The zero-order valence-corrected chi connectivity index (χ0v) is 12.7. The Labute approximate surface area is 120 Å². The van der Waals surface area contributed by atoms with E-state index < -0.39 is 0 Å².